The molecule has 0 aromatic heterocycles. The second-order valence-electron chi connectivity index (χ2n) is 4.37. The summed E-state index contributed by atoms with van der Waals surface area (Å²) in [5, 5.41) is 0. The third-order valence-corrected chi connectivity index (χ3v) is 3.31. The Bertz CT molecular complexity index is 163. The Balaban J connectivity index is 2.48. The first kappa shape index (κ1) is 12.0. The molecule has 14 heavy (non-hydrogen) atoms. The summed E-state index contributed by atoms with van der Waals surface area (Å²) in [4.78, 5) is 4.87. The number of piperazine rings is 1. The van der Waals surface area contributed by atoms with Crippen LogP contribution in [-0.4, -0.2) is 54.9 Å². The summed E-state index contributed by atoms with van der Waals surface area (Å²) in [5.74, 6) is 0. The van der Waals surface area contributed by atoms with Crippen LogP contribution in [-0.2, 0) is 4.74 Å². The van der Waals surface area contributed by atoms with Crippen molar-refractivity contribution in [2.45, 2.75) is 46.0 Å². The normalized spacial score (nSPS) is 33.2. The first-order valence-corrected chi connectivity index (χ1v) is 5.63. The maximum atomic E-state index is 5.62. The van der Waals surface area contributed by atoms with Crippen molar-refractivity contribution in [3.05, 3.63) is 0 Å². The number of rotatable bonds is 3. The van der Waals surface area contributed by atoms with Crippen LogP contribution >= 0.6 is 0 Å². The SMILES string of the molecule is CCOC(C)N1CC(C)N(C)C(C)C1. The molecule has 0 N–H and O–H groups in total. The van der Waals surface area contributed by atoms with Crippen molar-refractivity contribution < 1.29 is 4.74 Å². The minimum atomic E-state index is 0.263. The number of nitrogens with zero attached hydrogens (tertiary/aromatic N) is 2. The zero-order valence-electron chi connectivity index (χ0n) is 10.2. The molecular weight excluding hydrogens is 176 g/mol. The molecule has 0 spiro atoms. The van der Waals surface area contributed by atoms with E-state index < -0.39 is 0 Å². The lowest BCUT2D eigenvalue weighted by Crippen LogP contribution is -2.57. The largest absolute Gasteiger partial charge is 0.364 e. The first-order chi connectivity index (χ1) is 6.56. The van der Waals surface area contributed by atoms with Crippen molar-refractivity contribution in [3.63, 3.8) is 0 Å². The zero-order valence-corrected chi connectivity index (χ0v) is 10.2. The molecule has 0 saturated carbocycles. The van der Waals surface area contributed by atoms with Crippen LogP contribution in [0.25, 0.3) is 0 Å². The molecule has 1 aliphatic heterocycles. The topological polar surface area (TPSA) is 15.7 Å². The van der Waals surface area contributed by atoms with E-state index in [0.29, 0.717) is 12.1 Å². The van der Waals surface area contributed by atoms with Crippen LogP contribution in [0.4, 0.5) is 0 Å². The maximum Gasteiger partial charge on any atom is 0.107 e. The van der Waals surface area contributed by atoms with Gasteiger partial charge in [-0.1, -0.05) is 0 Å². The highest BCUT2D eigenvalue weighted by atomic mass is 16.5. The summed E-state index contributed by atoms with van der Waals surface area (Å²) in [6.45, 7) is 11.8. The van der Waals surface area contributed by atoms with Crippen molar-refractivity contribution in [1.29, 1.82) is 0 Å². The molecule has 0 aromatic rings. The van der Waals surface area contributed by atoms with Crippen molar-refractivity contribution >= 4 is 0 Å². The third-order valence-electron chi connectivity index (χ3n) is 3.31. The van der Waals surface area contributed by atoms with Gasteiger partial charge in [0.25, 0.3) is 0 Å². The maximum absolute atomic E-state index is 5.62. The number of hydrogen-bond acceptors (Lipinski definition) is 3. The van der Waals surface area contributed by atoms with Crippen molar-refractivity contribution in [1.82, 2.24) is 9.80 Å². The van der Waals surface area contributed by atoms with Gasteiger partial charge in [-0.15, -0.1) is 0 Å². The number of likely N-dealkylation sites (N-methyl/N-ethyl adjacent to an activating group) is 1. The standard InChI is InChI=1S/C11H24N2O/c1-6-14-11(4)13-7-9(2)12(5)10(3)8-13/h9-11H,6-8H2,1-5H3. The fraction of sp³-hybridized carbons (Fsp3) is 1.00. The molecule has 0 aliphatic carbocycles. The second kappa shape index (κ2) is 5.10. The number of ether oxygens (including phenoxy) is 1. The Morgan fingerprint density at radius 2 is 1.79 bits per heavy atom. The van der Waals surface area contributed by atoms with Gasteiger partial charge in [0.05, 0.1) is 0 Å². The van der Waals surface area contributed by atoms with E-state index in [4.69, 9.17) is 4.74 Å². The Labute approximate surface area is 88.0 Å². The molecule has 1 saturated heterocycles. The fourth-order valence-corrected chi connectivity index (χ4v) is 2.09. The van der Waals surface area contributed by atoms with Crippen molar-refractivity contribution in [2.75, 3.05) is 26.7 Å². The van der Waals surface area contributed by atoms with Gasteiger partial charge in [-0.25, -0.2) is 0 Å². The lowest BCUT2D eigenvalue weighted by molar-refractivity contribution is -0.0806. The van der Waals surface area contributed by atoms with Crippen LogP contribution in [0.1, 0.15) is 27.7 Å². The fourth-order valence-electron chi connectivity index (χ4n) is 2.09. The van der Waals surface area contributed by atoms with Gasteiger partial charge < -0.3 is 4.74 Å². The smallest absolute Gasteiger partial charge is 0.107 e. The molecule has 1 rings (SSSR count). The van der Waals surface area contributed by atoms with E-state index in [9.17, 15) is 0 Å². The minimum absolute atomic E-state index is 0.263. The average molecular weight is 200 g/mol. The van der Waals surface area contributed by atoms with E-state index in [-0.39, 0.29) is 6.23 Å². The van der Waals surface area contributed by atoms with Gasteiger partial charge in [-0.2, -0.15) is 0 Å². The summed E-state index contributed by atoms with van der Waals surface area (Å²) in [6.07, 6.45) is 0.263. The van der Waals surface area contributed by atoms with E-state index in [0.717, 1.165) is 19.7 Å². The van der Waals surface area contributed by atoms with Gasteiger partial charge in [-0.05, 0) is 34.7 Å². The highest BCUT2D eigenvalue weighted by molar-refractivity contribution is 4.83. The Morgan fingerprint density at radius 1 is 1.29 bits per heavy atom. The minimum Gasteiger partial charge on any atom is -0.364 e. The van der Waals surface area contributed by atoms with Gasteiger partial charge in [-0.3, -0.25) is 9.80 Å². The van der Waals surface area contributed by atoms with Crippen LogP contribution in [0.15, 0.2) is 0 Å². The molecular formula is C11H24N2O. The number of hydrogen-bond donors (Lipinski definition) is 0. The van der Waals surface area contributed by atoms with Crippen molar-refractivity contribution in [2.24, 2.45) is 0 Å². The predicted molar refractivity (Wildman–Crippen MR) is 59.3 cm³/mol. The molecule has 3 nitrogen and oxygen atoms in total. The Kier molecular flexibility index (Phi) is 4.35. The van der Waals surface area contributed by atoms with Gasteiger partial charge in [0, 0.05) is 31.8 Å². The van der Waals surface area contributed by atoms with E-state index >= 15 is 0 Å². The molecule has 0 bridgehead atoms. The molecule has 3 unspecified atom stereocenters. The van der Waals surface area contributed by atoms with Crippen LogP contribution < -0.4 is 0 Å². The second-order valence-corrected chi connectivity index (χ2v) is 4.37. The van der Waals surface area contributed by atoms with Gasteiger partial charge in [0.2, 0.25) is 0 Å². The molecule has 3 heteroatoms. The molecule has 1 aliphatic rings. The molecule has 1 heterocycles. The first-order valence-electron chi connectivity index (χ1n) is 5.63. The molecule has 84 valence electrons. The molecule has 0 aromatic carbocycles. The summed E-state index contributed by atoms with van der Waals surface area (Å²) < 4.78 is 5.62. The average Bonchev–Trinajstić information content (AvgIpc) is 2.13. The van der Waals surface area contributed by atoms with E-state index in [1.807, 2.05) is 0 Å². The van der Waals surface area contributed by atoms with Crippen LogP contribution in [0, 0.1) is 0 Å². The highest BCUT2D eigenvalue weighted by Crippen LogP contribution is 2.15. The van der Waals surface area contributed by atoms with Crippen LogP contribution in [0.2, 0.25) is 0 Å². The lowest BCUT2D eigenvalue weighted by Gasteiger charge is -2.44. The quantitative estimate of drug-likeness (QED) is 0.685. The molecule has 0 amide bonds. The summed E-state index contributed by atoms with van der Waals surface area (Å²) in [6, 6.07) is 1.25. The van der Waals surface area contributed by atoms with Gasteiger partial charge in [0.1, 0.15) is 6.23 Å². The Hall–Kier alpha value is -0.120. The third kappa shape index (κ3) is 2.69. The van der Waals surface area contributed by atoms with Gasteiger partial charge in [0.15, 0.2) is 0 Å². The monoisotopic (exact) mass is 200 g/mol. The van der Waals surface area contributed by atoms with Gasteiger partial charge >= 0.3 is 0 Å². The summed E-state index contributed by atoms with van der Waals surface area (Å²) >= 11 is 0. The predicted octanol–water partition coefficient (Wildman–Crippen LogP) is 1.39. The van der Waals surface area contributed by atoms with E-state index in [1.165, 1.54) is 0 Å². The highest BCUT2D eigenvalue weighted by Gasteiger charge is 2.28. The van der Waals surface area contributed by atoms with E-state index in [2.05, 4.69) is 44.5 Å². The summed E-state index contributed by atoms with van der Waals surface area (Å²) in [7, 11) is 2.21. The molecule has 0 radical (unpaired) electrons. The van der Waals surface area contributed by atoms with Crippen molar-refractivity contribution in [3.8, 4) is 0 Å². The lowest BCUT2D eigenvalue weighted by atomic mass is 10.1. The van der Waals surface area contributed by atoms with E-state index in [1.54, 1.807) is 0 Å². The molecule has 1 fully saturated rings. The molecule has 3 atom stereocenters. The zero-order chi connectivity index (χ0) is 10.7. The van der Waals surface area contributed by atoms with Crippen LogP contribution in [0.3, 0.4) is 0 Å². The van der Waals surface area contributed by atoms with Crippen LogP contribution in [0.5, 0.6) is 0 Å². The summed E-state index contributed by atoms with van der Waals surface area (Å²) in [5.41, 5.74) is 0. The Morgan fingerprint density at radius 3 is 2.21 bits per heavy atom.